The van der Waals surface area contributed by atoms with Gasteiger partial charge < -0.3 is 4.52 Å². The molecule has 0 atom stereocenters. The number of aromatic nitrogens is 1. The van der Waals surface area contributed by atoms with E-state index in [1.54, 1.807) is 12.1 Å². The molecular formula is C14H15ClFNO. The molecule has 4 heteroatoms. The van der Waals surface area contributed by atoms with Crippen LogP contribution in [0.15, 0.2) is 22.7 Å². The fourth-order valence-electron chi connectivity index (χ4n) is 2.15. The second-order valence-corrected chi connectivity index (χ2v) is 5.72. The lowest BCUT2D eigenvalue weighted by Gasteiger charge is -2.19. The van der Waals surface area contributed by atoms with Crippen LogP contribution in [0.1, 0.15) is 32.1 Å². The summed E-state index contributed by atoms with van der Waals surface area (Å²) in [6.07, 6.45) is 0. The highest BCUT2D eigenvalue weighted by Crippen LogP contribution is 2.38. The van der Waals surface area contributed by atoms with Crippen molar-refractivity contribution >= 4 is 11.6 Å². The lowest BCUT2D eigenvalue weighted by atomic mass is 9.84. The van der Waals surface area contributed by atoms with Crippen LogP contribution in [0, 0.1) is 12.7 Å². The molecule has 2 rings (SSSR count). The molecule has 1 aromatic carbocycles. The summed E-state index contributed by atoms with van der Waals surface area (Å²) < 4.78 is 19.2. The maximum Gasteiger partial charge on any atom is 0.138 e. The van der Waals surface area contributed by atoms with Crippen molar-refractivity contribution in [1.82, 2.24) is 5.16 Å². The van der Waals surface area contributed by atoms with E-state index in [0.29, 0.717) is 22.0 Å². The fraction of sp³-hybridized carbons (Fsp3) is 0.357. The highest BCUT2D eigenvalue weighted by Gasteiger charge is 2.28. The summed E-state index contributed by atoms with van der Waals surface area (Å²) in [6.45, 7) is 7.92. The number of benzene rings is 1. The van der Waals surface area contributed by atoms with Gasteiger partial charge in [0.1, 0.15) is 17.3 Å². The first-order chi connectivity index (χ1) is 8.32. The van der Waals surface area contributed by atoms with Crippen molar-refractivity contribution in [3.63, 3.8) is 0 Å². The van der Waals surface area contributed by atoms with Gasteiger partial charge in [0.2, 0.25) is 0 Å². The second kappa shape index (κ2) is 4.39. The van der Waals surface area contributed by atoms with Crippen molar-refractivity contribution < 1.29 is 8.91 Å². The monoisotopic (exact) mass is 267 g/mol. The Balaban J connectivity index is 2.74. The second-order valence-electron chi connectivity index (χ2n) is 5.31. The standard InChI is InChI=1S/C14H15ClFNO/c1-8-12(14(2,3)4)13(17-18-8)11-9(15)6-5-7-10(11)16/h5-7H,1-4H3. The SMILES string of the molecule is Cc1onc(-c2c(F)cccc2Cl)c1C(C)(C)C. The lowest BCUT2D eigenvalue weighted by molar-refractivity contribution is 0.394. The van der Waals surface area contributed by atoms with Crippen molar-refractivity contribution in [1.29, 1.82) is 0 Å². The van der Waals surface area contributed by atoms with Crippen molar-refractivity contribution in [3.8, 4) is 11.3 Å². The van der Waals surface area contributed by atoms with Crippen molar-refractivity contribution in [3.05, 3.63) is 40.4 Å². The minimum atomic E-state index is -0.388. The van der Waals surface area contributed by atoms with Crippen LogP contribution in [0.5, 0.6) is 0 Å². The van der Waals surface area contributed by atoms with Crippen molar-refractivity contribution in [2.45, 2.75) is 33.1 Å². The van der Waals surface area contributed by atoms with Crippen LogP contribution >= 0.6 is 11.6 Å². The molecule has 0 aliphatic heterocycles. The van der Waals surface area contributed by atoms with E-state index in [4.69, 9.17) is 16.1 Å². The van der Waals surface area contributed by atoms with Gasteiger partial charge in [-0.3, -0.25) is 0 Å². The van der Waals surface area contributed by atoms with E-state index in [0.717, 1.165) is 5.56 Å². The first-order valence-corrected chi connectivity index (χ1v) is 6.11. The Morgan fingerprint density at radius 3 is 2.50 bits per heavy atom. The highest BCUT2D eigenvalue weighted by atomic mass is 35.5. The average Bonchev–Trinajstić information content (AvgIpc) is 2.59. The third-order valence-corrected chi connectivity index (χ3v) is 3.13. The molecule has 0 aliphatic rings. The predicted octanol–water partition coefficient (Wildman–Crippen LogP) is 4.74. The van der Waals surface area contributed by atoms with Crippen LogP contribution in [0.3, 0.4) is 0 Å². The van der Waals surface area contributed by atoms with Gasteiger partial charge in [-0.1, -0.05) is 43.6 Å². The molecule has 0 amide bonds. The summed E-state index contributed by atoms with van der Waals surface area (Å²) in [7, 11) is 0. The van der Waals surface area contributed by atoms with Crippen molar-refractivity contribution in [2.24, 2.45) is 0 Å². The van der Waals surface area contributed by atoms with E-state index in [9.17, 15) is 4.39 Å². The maximum atomic E-state index is 13.9. The number of halogens is 2. The molecule has 0 unspecified atom stereocenters. The van der Waals surface area contributed by atoms with Crippen molar-refractivity contribution in [2.75, 3.05) is 0 Å². The van der Waals surface area contributed by atoms with E-state index < -0.39 is 0 Å². The van der Waals surface area contributed by atoms with Crippen LogP contribution in [0.4, 0.5) is 4.39 Å². The summed E-state index contributed by atoms with van der Waals surface area (Å²) in [4.78, 5) is 0. The average molecular weight is 268 g/mol. The van der Waals surface area contributed by atoms with Crippen LogP contribution in [-0.4, -0.2) is 5.16 Å². The molecule has 2 nitrogen and oxygen atoms in total. The third kappa shape index (κ3) is 2.15. The summed E-state index contributed by atoms with van der Waals surface area (Å²) in [6, 6.07) is 4.60. The smallest absolute Gasteiger partial charge is 0.138 e. The van der Waals surface area contributed by atoms with Gasteiger partial charge in [-0.2, -0.15) is 0 Å². The van der Waals surface area contributed by atoms with Crippen LogP contribution in [0.2, 0.25) is 5.02 Å². The number of hydrogen-bond donors (Lipinski definition) is 0. The van der Waals surface area contributed by atoms with Gasteiger partial charge in [-0.05, 0) is 24.5 Å². The quantitative estimate of drug-likeness (QED) is 0.746. The third-order valence-electron chi connectivity index (χ3n) is 2.81. The van der Waals surface area contributed by atoms with Crippen LogP contribution in [-0.2, 0) is 5.41 Å². The Bertz CT molecular complexity index is 564. The molecule has 0 saturated carbocycles. The minimum absolute atomic E-state index is 0.189. The Hall–Kier alpha value is -1.35. The Morgan fingerprint density at radius 1 is 1.28 bits per heavy atom. The fourth-order valence-corrected chi connectivity index (χ4v) is 2.40. The summed E-state index contributed by atoms with van der Waals surface area (Å²) >= 11 is 6.07. The zero-order valence-corrected chi connectivity index (χ0v) is 11.6. The van der Waals surface area contributed by atoms with Gasteiger partial charge in [-0.15, -0.1) is 0 Å². The summed E-state index contributed by atoms with van der Waals surface area (Å²) in [5, 5.41) is 4.32. The molecule has 0 radical (unpaired) electrons. The molecule has 1 heterocycles. The molecule has 0 N–H and O–H groups in total. The largest absolute Gasteiger partial charge is 0.361 e. The van der Waals surface area contributed by atoms with E-state index in [1.165, 1.54) is 6.07 Å². The molecule has 18 heavy (non-hydrogen) atoms. The first-order valence-electron chi connectivity index (χ1n) is 5.73. The number of nitrogens with zero attached hydrogens (tertiary/aromatic N) is 1. The highest BCUT2D eigenvalue weighted by molar-refractivity contribution is 6.33. The Kier molecular flexibility index (Phi) is 3.20. The number of hydrogen-bond acceptors (Lipinski definition) is 2. The molecule has 0 spiro atoms. The summed E-state index contributed by atoms with van der Waals surface area (Å²) in [5.41, 5.74) is 1.49. The zero-order chi connectivity index (χ0) is 13.5. The van der Waals surface area contributed by atoms with E-state index in [1.807, 2.05) is 27.7 Å². The first kappa shape index (κ1) is 13.1. The maximum absolute atomic E-state index is 13.9. The number of aryl methyl sites for hydroxylation is 1. The van der Waals surface area contributed by atoms with Crippen LogP contribution in [0.25, 0.3) is 11.3 Å². The van der Waals surface area contributed by atoms with E-state index in [-0.39, 0.29) is 11.2 Å². The molecule has 0 aliphatic carbocycles. The van der Waals surface area contributed by atoms with E-state index in [2.05, 4.69) is 5.16 Å². The van der Waals surface area contributed by atoms with Gasteiger partial charge in [0.05, 0.1) is 10.6 Å². The predicted molar refractivity (Wildman–Crippen MR) is 70.3 cm³/mol. The van der Waals surface area contributed by atoms with Gasteiger partial charge in [0.15, 0.2) is 0 Å². The zero-order valence-electron chi connectivity index (χ0n) is 10.8. The Morgan fingerprint density at radius 2 is 1.94 bits per heavy atom. The van der Waals surface area contributed by atoms with Gasteiger partial charge in [0, 0.05) is 5.56 Å². The van der Waals surface area contributed by atoms with Gasteiger partial charge in [-0.25, -0.2) is 4.39 Å². The van der Waals surface area contributed by atoms with E-state index >= 15 is 0 Å². The Labute approximate surface area is 111 Å². The molecule has 0 bridgehead atoms. The van der Waals surface area contributed by atoms with Crippen LogP contribution < -0.4 is 0 Å². The molecule has 0 saturated heterocycles. The normalized spacial score (nSPS) is 11.9. The minimum Gasteiger partial charge on any atom is -0.361 e. The lowest BCUT2D eigenvalue weighted by Crippen LogP contribution is -2.13. The topological polar surface area (TPSA) is 26.0 Å². The molecule has 0 fully saturated rings. The molecule has 96 valence electrons. The van der Waals surface area contributed by atoms with Gasteiger partial charge in [0.25, 0.3) is 0 Å². The summed E-state index contributed by atoms with van der Waals surface area (Å²) in [5.74, 6) is 0.304. The number of rotatable bonds is 1. The molecule has 2 aromatic rings. The molecular weight excluding hydrogens is 253 g/mol. The van der Waals surface area contributed by atoms with Gasteiger partial charge >= 0.3 is 0 Å². The molecule has 1 aromatic heterocycles.